The van der Waals surface area contributed by atoms with E-state index in [2.05, 4.69) is 23.9 Å². The van der Waals surface area contributed by atoms with Crippen molar-refractivity contribution in [1.82, 2.24) is 9.47 Å². The van der Waals surface area contributed by atoms with Crippen molar-refractivity contribution >= 4 is 5.84 Å². The molecular weight excluding hydrogens is 256 g/mol. The van der Waals surface area contributed by atoms with E-state index in [0.29, 0.717) is 18.9 Å². The average molecular weight is 280 g/mol. The zero-order chi connectivity index (χ0) is 15.0. The van der Waals surface area contributed by atoms with Gasteiger partial charge in [-0.05, 0) is 12.0 Å². The van der Waals surface area contributed by atoms with Gasteiger partial charge < -0.3 is 20.4 Å². The predicted octanol–water partition coefficient (Wildman–Crippen LogP) is 0.943. The van der Waals surface area contributed by atoms with Crippen LogP contribution in [0, 0.1) is 5.92 Å². The van der Waals surface area contributed by atoms with Gasteiger partial charge in [0.2, 0.25) is 0 Å². The average Bonchev–Trinajstić information content (AvgIpc) is 2.42. The third-order valence-electron chi connectivity index (χ3n) is 2.99. The normalized spacial score (nSPS) is 12.3. The maximum Gasteiger partial charge on any atom is 0.250 e. The number of aromatic nitrogens is 1. The molecule has 112 valence electrons. The maximum absolute atomic E-state index is 11.6. The van der Waals surface area contributed by atoms with Gasteiger partial charge in [-0.2, -0.15) is 0 Å². The minimum Gasteiger partial charge on any atom is -0.409 e. The number of oxime groups is 1. The lowest BCUT2D eigenvalue weighted by molar-refractivity contribution is 0.238. The van der Waals surface area contributed by atoms with Crippen LogP contribution in [0.1, 0.15) is 20.3 Å². The lowest BCUT2D eigenvalue weighted by Gasteiger charge is -2.24. The van der Waals surface area contributed by atoms with Crippen LogP contribution in [0.15, 0.2) is 34.3 Å². The number of hydrogen-bond acceptors (Lipinski definition) is 4. The summed E-state index contributed by atoms with van der Waals surface area (Å²) in [6, 6.07) is 5.15. The quantitative estimate of drug-likeness (QED) is 0.321. The largest absolute Gasteiger partial charge is 0.409 e. The Balaban J connectivity index is 2.56. The van der Waals surface area contributed by atoms with Gasteiger partial charge in [-0.15, -0.1) is 0 Å². The molecule has 0 radical (unpaired) electrons. The van der Waals surface area contributed by atoms with Crippen molar-refractivity contribution in [2.45, 2.75) is 26.8 Å². The predicted molar refractivity (Wildman–Crippen MR) is 80.0 cm³/mol. The number of rotatable bonds is 8. The fourth-order valence-corrected chi connectivity index (χ4v) is 2.03. The second-order valence-corrected chi connectivity index (χ2v) is 5.27. The highest BCUT2D eigenvalue weighted by molar-refractivity contribution is 5.79. The first-order valence-electron chi connectivity index (χ1n) is 6.87. The van der Waals surface area contributed by atoms with Crippen molar-refractivity contribution < 1.29 is 5.21 Å². The molecule has 0 fully saturated rings. The van der Waals surface area contributed by atoms with Crippen molar-refractivity contribution in [3.63, 3.8) is 0 Å². The van der Waals surface area contributed by atoms with Crippen LogP contribution in [0.5, 0.6) is 0 Å². The molecule has 0 atom stereocenters. The third kappa shape index (κ3) is 5.88. The topological polar surface area (TPSA) is 83.8 Å². The Bertz CT molecular complexity index is 482. The monoisotopic (exact) mass is 280 g/mol. The van der Waals surface area contributed by atoms with E-state index in [1.165, 1.54) is 0 Å². The smallest absolute Gasteiger partial charge is 0.250 e. The van der Waals surface area contributed by atoms with Gasteiger partial charge in [-0.3, -0.25) is 4.79 Å². The van der Waals surface area contributed by atoms with E-state index in [-0.39, 0.29) is 11.4 Å². The summed E-state index contributed by atoms with van der Waals surface area (Å²) in [7, 11) is 0. The number of nitrogens with two attached hydrogens (primary N) is 1. The Morgan fingerprint density at radius 2 is 2.20 bits per heavy atom. The van der Waals surface area contributed by atoms with E-state index in [0.717, 1.165) is 19.6 Å². The Morgan fingerprint density at radius 1 is 1.45 bits per heavy atom. The number of pyridine rings is 1. The minimum absolute atomic E-state index is 0.00781. The standard InChI is InChI=1S/C14H24N4O2/c1-12(2)11-17(8-6-13(15)16-20)9-10-18-7-4-3-5-14(18)19/h3-5,7,12,20H,6,8-11H2,1-2H3,(H2,15,16). The van der Waals surface area contributed by atoms with E-state index in [1.807, 2.05) is 6.07 Å². The van der Waals surface area contributed by atoms with Crippen LogP contribution in [-0.4, -0.2) is 40.1 Å². The van der Waals surface area contributed by atoms with Crippen molar-refractivity contribution in [3.8, 4) is 0 Å². The molecule has 1 aromatic heterocycles. The molecule has 6 nitrogen and oxygen atoms in total. The number of hydrogen-bond donors (Lipinski definition) is 2. The lowest BCUT2D eigenvalue weighted by Crippen LogP contribution is -2.35. The fraction of sp³-hybridized carbons (Fsp3) is 0.571. The van der Waals surface area contributed by atoms with Crippen LogP contribution in [0.3, 0.4) is 0 Å². The molecule has 1 heterocycles. The Labute approximate surface area is 119 Å². The van der Waals surface area contributed by atoms with Gasteiger partial charge in [-0.1, -0.05) is 25.1 Å². The molecule has 1 rings (SSSR count). The highest BCUT2D eigenvalue weighted by Crippen LogP contribution is 2.01. The highest BCUT2D eigenvalue weighted by atomic mass is 16.4. The van der Waals surface area contributed by atoms with Crippen LogP contribution >= 0.6 is 0 Å². The van der Waals surface area contributed by atoms with Gasteiger partial charge in [0, 0.05) is 44.9 Å². The second kappa shape index (κ2) is 8.37. The van der Waals surface area contributed by atoms with Crippen LogP contribution in [0.25, 0.3) is 0 Å². The summed E-state index contributed by atoms with van der Waals surface area (Å²) in [5, 5.41) is 11.6. The summed E-state index contributed by atoms with van der Waals surface area (Å²) in [6.07, 6.45) is 2.31. The Hall–Kier alpha value is -1.82. The van der Waals surface area contributed by atoms with Gasteiger partial charge in [-0.25, -0.2) is 0 Å². The van der Waals surface area contributed by atoms with Gasteiger partial charge in [0.05, 0.1) is 0 Å². The molecular formula is C14H24N4O2. The van der Waals surface area contributed by atoms with Crippen molar-refractivity contribution in [2.75, 3.05) is 19.6 Å². The molecule has 0 aliphatic heterocycles. The molecule has 3 N–H and O–H groups in total. The zero-order valence-electron chi connectivity index (χ0n) is 12.2. The van der Waals surface area contributed by atoms with Crippen LogP contribution in [-0.2, 0) is 6.54 Å². The summed E-state index contributed by atoms with van der Waals surface area (Å²) in [5.41, 5.74) is 5.51. The van der Waals surface area contributed by atoms with Crippen LogP contribution in [0.4, 0.5) is 0 Å². The summed E-state index contributed by atoms with van der Waals surface area (Å²) in [4.78, 5) is 13.9. The molecule has 0 aliphatic carbocycles. The zero-order valence-corrected chi connectivity index (χ0v) is 12.2. The van der Waals surface area contributed by atoms with Crippen molar-refractivity contribution in [2.24, 2.45) is 16.8 Å². The van der Waals surface area contributed by atoms with Crippen LogP contribution in [0.2, 0.25) is 0 Å². The minimum atomic E-state index is 0.00781. The van der Waals surface area contributed by atoms with Gasteiger partial charge in [0.25, 0.3) is 5.56 Å². The summed E-state index contributed by atoms with van der Waals surface area (Å²) >= 11 is 0. The third-order valence-corrected chi connectivity index (χ3v) is 2.99. The molecule has 6 heteroatoms. The molecule has 0 unspecified atom stereocenters. The fourth-order valence-electron chi connectivity index (χ4n) is 2.03. The molecule has 0 saturated heterocycles. The summed E-state index contributed by atoms with van der Waals surface area (Å²) in [6.45, 7) is 7.33. The summed E-state index contributed by atoms with van der Waals surface area (Å²) in [5.74, 6) is 0.755. The van der Waals surface area contributed by atoms with E-state index in [1.54, 1.807) is 22.9 Å². The van der Waals surface area contributed by atoms with Gasteiger partial charge in [0.15, 0.2) is 0 Å². The molecule has 0 spiro atoms. The van der Waals surface area contributed by atoms with Crippen molar-refractivity contribution in [1.29, 1.82) is 0 Å². The Morgan fingerprint density at radius 3 is 2.80 bits per heavy atom. The first-order valence-corrected chi connectivity index (χ1v) is 6.87. The first-order chi connectivity index (χ1) is 9.52. The lowest BCUT2D eigenvalue weighted by atomic mass is 10.2. The van der Waals surface area contributed by atoms with Crippen molar-refractivity contribution in [3.05, 3.63) is 34.7 Å². The molecule has 20 heavy (non-hydrogen) atoms. The van der Waals surface area contributed by atoms with Gasteiger partial charge >= 0.3 is 0 Å². The molecule has 0 bridgehead atoms. The molecule has 0 saturated carbocycles. The molecule has 0 aromatic carbocycles. The SMILES string of the molecule is CC(C)CN(CC/C(N)=N/O)CCn1ccccc1=O. The summed E-state index contributed by atoms with van der Waals surface area (Å²) < 4.78 is 1.69. The number of amidine groups is 1. The van der Waals surface area contributed by atoms with Gasteiger partial charge in [0.1, 0.15) is 5.84 Å². The Kier molecular flexibility index (Phi) is 6.79. The molecule has 1 aromatic rings. The molecule has 0 amide bonds. The maximum atomic E-state index is 11.6. The first kappa shape index (κ1) is 16.2. The van der Waals surface area contributed by atoms with Crippen LogP contribution < -0.4 is 11.3 Å². The van der Waals surface area contributed by atoms with E-state index < -0.39 is 0 Å². The number of nitrogens with zero attached hydrogens (tertiary/aromatic N) is 3. The highest BCUT2D eigenvalue weighted by Gasteiger charge is 2.09. The van der Waals surface area contributed by atoms with E-state index in [4.69, 9.17) is 10.9 Å². The van der Waals surface area contributed by atoms with E-state index >= 15 is 0 Å². The molecule has 0 aliphatic rings. The second-order valence-electron chi connectivity index (χ2n) is 5.27. The van der Waals surface area contributed by atoms with E-state index in [9.17, 15) is 4.79 Å².